The summed E-state index contributed by atoms with van der Waals surface area (Å²) in [5, 5.41) is 4.54. The van der Waals surface area contributed by atoms with Gasteiger partial charge in [-0.1, -0.05) is 12.2 Å². The van der Waals surface area contributed by atoms with Gasteiger partial charge in [-0.25, -0.2) is 0 Å². The average Bonchev–Trinajstić information content (AvgIpc) is 2.45. The predicted molar refractivity (Wildman–Crippen MR) is 47.9 cm³/mol. The van der Waals surface area contributed by atoms with Gasteiger partial charge in [0.05, 0.1) is 11.1 Å². The molecule has 0 N–H and O–H groups in total. The maximum absolute atomic E-state index is 2.27. The SMILES string of the molecule is CC12C=CN3N1C=CC3(C)C=C2. The van der Waals surface area contributed by atoms with Crippen LogP contribution in [0, 0.1) is 0 Å². The van der Waals surface area contributed by atoms with Gasteiger partial charge in [-0.3, -0.25) is 10.0 Å². The molecule has 0 amide bonds. The van der Waals surface area contributed by atoms with E-state index in [-0.39, 0.29) is 11.1 Å². The lowest BCUT2D eigenvalue weighted by Crippen LogP contribution is -2.51. The fraction of sp³-hybridized carbons (Fsp3) is 0.400. The second-order valence-electron chi connectivity index (χ2n) is 4.11. The predicted octanol–water partition coefficient (Wildman–Crippen LogP) is 1.65. The summed E-state index contributed by atoms with van der Waals surface area (Å²) in [4.78, 5) is 0. The van der Waals surface area contributed by atoms with E-state index in [1.165, 1.54) is 0 Å². The Kier molecular flexibility index (Phi) is 0.776. The van der Waals surface area contributed by atoms with E-state index in [0.29, 0.717) is 0 Å². The van der Waals surface area contributed by atoms with Crippen LogP contribution in [0.2, 0.25) is 0 Å². The number of hydrogen-bond acceptors (Lipinski definition) is 2. The number of hydrazine groups is 1. The van der Waals surface area contributed by atoms with E-state index < -0.39 is 0 Å². The normalized spacial score (nSPS) is 46.5. The quantitative estimate of drug-likeness (QED) is 0.497. The van der Waals surface area contributed by atoms with Crippen molar-refractivity contribution in [2.24, 2.45) is 0 Å². The van der Waals surface area contributed by atoms with E-state index in [9.17, 15) is 0 Å². The Labute approximate surface area is 72.4 Å². The molecule has 62 valence electrons. The van der Waals surface area contributed by atoms with Crippen molar-refractivity contribution < 1.29 is 0 Å². The van der Waals surface area contributed by atoms with Gasteiger partial charge in [0.15, 0.2) is 0 Å². The first-order chi connectivity index (χ1) is 5.64. The zero-order chi connectivity index (χ0) is 8.40. The number of rotatable bonds is 0. The molecule has 0 aromatic heterocycles. The number of nitrogens with zero attached hydrogens (tertiary/aromatic N) is 2. The van der Waals surface area contributed by atoms with Gasteiger partial charge >= 0.3 is 0 Å². The van der Waals surface area contributed by atoms with Gasteiger partial charge in [0.25, 0.3) is 0 Å². The maximum atomic E-state index is 2.27. The largest absolute Gasteiger partial charge is 0.279 e. The molecule has 2 unspecified atom stereocenters. The van der Waals surface area contributed by atoms with Crippen molar-refractivity contribution >= 4 is 0 Å². The zero-order valence-electron chi connectivity index (χ0n) is 7.36. The van der Waals surface area contributed by atoms with Crippen molar-refractivity contribution in [3.63, 3.8) is 0 Å². The second-order valence-corrected chi connectivity index (χ2v) is 4.11. The first kappa shape index (κ1) is 6.35. The van der Waals surface area contributed by atoms with Crippen LogP contribution in [0.3, 0.4) is 0 Å². The van der Waals surface area contributed by atoms with Gasteiger partial charge in [0.1, 0.15) is 0 Å². The van der Waals surface area contributed by atoms with E-state index in [2.05, 4.69) is 60.6 Å². The molecule has 12 heavy (non-hydrogen) atoms. The van der Waals surface area contributed by atoms with Crippen LogP contribution in [0.4, 0.5) is 0 Å². The minimum absolute atomic E-state index is 0.0898. The Hall–Kier alpha value is -1.18. The third kappa shape index (κ3) is 0.472. The minimum Gasteiger partial charge on any atom is -0.279 e. The monoisotopic (exact) mass is 160 g/mol. The van der Waals surface area contributed by atoms with Crippen LogP contribution < -0.4 is 0 Å². The lowest BCUT2D eigenvalue weighted by atomic mass is 9.96. The molecule has 0 aromatic carbocycles. The molecule has 2 nitrogen and oxygen atoms in total. The standard InChI is InChI=1S/C10H12N2/c1-9-3-4-10(2)6-8-11(9)12(10)7-5-9/h3-8H,1-2H3. The van der Waals surface area contributed by atoms with Crippen LogP contribution in [0.25, 0.3) is 0 Å². The lowest BCUT2D eigenvalue weighted by molar-refractivity contribution is 0.0116. The van der Waals surface area contributed by atoms with Crippen molar-refractivity contribution in [2.75, 3.05) is 0 Å². The third-order valence-electron chi connectivity index (χ3n) is 3.08. The van der Waals surface area contributed by atoms with Gasteiger partial charge in [0.2, 0.25) is 0 Å². The molecule has 3 aliphatic rings. The molecule has 3 heterocycles. The Morgan fingerprint density at radius 1 is 0.750 bits per heavy atom. The maximum Gasteiger partial charge on any atom is 0.0958 e. The van der Waals surface area contributed by atoms with Crippen LogP contribution >= 0.6 is 0 Å². The van der Waals surface area contributed by atoms with E-state index in [4.69, 9.17) is 0 Å². The fourth-order valence-corrected chi connectivity index (χ4v) is 2.13. The molecule has 0 saturated heterocycles. The zero-order valence-corrected chi connectivity index (χ0v) is 7.36. The van der Waals surface area contributed by atoms with E-state index in [1.807, 2.05) is 0 Å². The second kappa shape index (κ2) is 1.47. The lowest BCUT2D eigenvalue weighted by Gasteiger charge is -2.43. The molecule has 4 bridgehead atoms. The molecule has 0 aromatic rings. The molecular formula is C10H12N2. The van der Waals surface area contributed by atoms with Crippen molar-refractivity contribution in [1.29, 1.82) is 0 Å². The molecule has 0 spiro atoms. The van der Waals surface area contributed by atoms with E-state index in [1.54, 1.807) is 0 Å². The highest BCUT2D eigenvalue weighted by molar-refractivity contribution is 5.38. The van der Waals surface area contributed by atoms with Crippen LogP contribution in [0.5, 0.6) is 0 Å². The Balaban J connectivity index is 2.25. The van der Waals surface area contributed by atoms with E-state index >= 15 is 0 Å². The van der Waals surface area contributed by atoms with Gasteiger partial charge in [-0.2, -0.15) is 0 Å². The molecule has 0 aliphatic carbocycles. The molecule has 0 fully saturated rings. The fourth-order valence-electron chi connectivity index (χ4n) is 2.13. The van der Waals surface area contributed by atoms with Crippen molar-refractivity contribution in [3.8, 4) is 0 Å². The van der Waals surface area contributed by atoms with Crippen LogP contribution in [-0.2, 0) is 0 Å². The Morgan fingerprint density at radius 3 is 1.58 bits per heavy atom. The highest BCUT2D eigenvalue weighted by atomic mass is 15.7. The van der Waals surface area contributed by atoms with Crippen LogP contribution in [0.15, 0.2) is 36.7 Å². The first-order valence-corrected chi connectivity index (χ1v) is 4.32. The Morgan fingerprint density at radius 2 is 1.17 bits per heavy atom. The molecule has 2 heteroatoms. The van der Waals surface area contributed by atoms with Gasteiger partial charge in [0, 0.05) is 12.4 Å². The third-order valence-corrected chi connectivity index (χ3v) is 3.08. The van der Waals surface area contributed by atoms with Crippen molar-refractivity contribution in [1.82, 2.24) is 10.0 Å². The Bertz CT molecular complexity index is 297. The molecule has 2 atom stereocenters. The average molecular weight is 160 g/mol. The minimum atomic E-state index is 0.0898. The summed E-state index contributed by atoms with van der Waals surface area (Å²) in [5.74, 6) is 0. The topological polar surface area (TPSA) is 6.48 Å². The number of hydrogen-bond donors (Lipinski definition) is 0. The van der Waals surface area contributed by atoms with Crippen LogP contribution in [-0.4, -0.2) is 21.1 Å². The smallest absolute Gasteiger partial charge is 0.0958 e. The molecular weight excluding hydrogens is 148 g/mol. The summed E-state index contributed by atoms with van der Waals surface area (Å²) >= 11 is 0. The van der Waals surface area contributed by atoms with Gasteiger partial charge < -0.3 is 0 Å². The summed E-state index contributed by atoms with van der Waals surface area (Å²) in [6.45, 7) is 4.43. The highest BCUT2D eigenvalue weighted by Crippen LogP contribution is 2.43. The molecule has 0 radical (unpaired) electrons. The van der Waals surface area contributed by atoms with Gasteiger partial charge in [-0.05, 0) is 26.0 Å². The van der Waals surface area contributed by atoms with E-state index in [0.717, 1.165) is 0 Å². The van der Waals surface area contributed by atoms with Gasteiger partial charge in [-0.15, -0.1) is 0 Å². The summed E-state index contributed by atoms with van der Waals surface area (Å²) in [6, 6.07) is 0. The highest BCUT2D eigenvalue weighted by Gasteiger charge is 2.47. The summed E-state index contributed by atoms with van der Waals surface area (Å²) in [7, 11) is 0. The summed E-state index contributed by atoms with van der Waals surface area (Å²) < 4.78 is 0. The summed E-state index contributed by atoms with van der Waals surface area (Å²) in [5.41, 5.74) is 0.180. The van der Waals surface area contributed by atoms with Crippen molar-refractivity contribution in [2.45, 2.75) is 24.9 Å². The molecule has 3 aliphatic heterocycles. The molecule has 0 saturated carbocycles. The summed E-state index contributed by atoms with van der Waals surface area (Å²) in [6.07, 6.45) is 13.3. The van der Waals surface area contributed by atoms with Crippen molar-refractivity contribution in [3.05, 3.63) is 36.7 Å². The van der Waals surface area contributed by atoms with Crippen LogP contribution in [0.1, 0.15) is 13.8 Å². The first-order valence-electron chi connectivity index (χ1n) is 4.32. The molecule has 3 rings (SSSR count).